The summed E-state index contributed by atoms with van der Waals surface area (Å²) in [4.78, 5) is 2.44. The molecular formula is C64H44N2. The zero-order chi connectivity index (χ0) is 43.8. The van der Waals surface area contributed by atoms with Gasteiger partial charge in [0.15, 0.2) is 0 Å². The molecule has 2 heteroatoms. The molecule has 12 rings (SSSR count). The van der Waals surface area contributed by atoms with Crippen LogP contribution in [0, 0.1) is 0 Å². The molecule has 0 unspecified atom stereocenters. The van der Waals surface area contributed by atoms with Crippen molar-refractivity contribution in [2.45, 2.75) is 0 Å². The fraction of sp³-hybridized carbons (Fsp3) is 0. The number of anilines is 3. The van der Waals surface area contributed by atoms with E-state index in [0.717, 1.165) is 33.9 Å². The molecule has 66 heavy (non-hydrogen) atoms. The molecule has 0 spiro atoms. The molecule has 2 nitrogen and oxygen atoms in total. The first kappa shape index (κ1) is 38.9. The zero-order valence-electron chi connectivity index (χ0n) is 36.3. The molecular weight excluding hydrogens is 797 g/mol. The van der Waals surface area contributed by atoms with Crippen LogP contribution in [0.2, 0.25) is 0 Å². The Hall–Kier alpha value is -8.72. The third kappa shape index (κ3) is 6.93. The molecule has 0 atom stereocenters. The van der Waals surface area contributed by atoms with Crippen molar-refractivity contribution in [1.82, 2.24) is 4.57 Å². The molecule has 0 saturated heterocycles. The summed E-state index contributed by atoms with van der Waals surface area (Å²) in [5, 5.41) is 4.87. The third-order valence-corrected chi connectivity index (χ3v) is 13.0. The van der Waals surface area contributed by atoms with E-state index < -0.39 is 0 Å². The second kappa shape index (κ2) is 16.8. The van der Waals surface area contributed by atoms with Crippen LogP contribution in [-0.2, 0) is 0 Å². The Balaban J connectivity index is 1.07. The first-order chi connectivity index (χ1) is 32.8. The second-order valence-corrected chi connectivity index (χ2v) is 16.9. The molecule has 12 aromatic rings. The first-order valence-corrected chi connectivity index (χ1v) is 22.7. The number of hydrogen-bond donors (Lipinski definition) is 0. The largest absolute Gasteiger partial charge is 0.310 e. The maximum Gasteiger partial charge on any atom is 0.0541 e. The molecule has 1 aromatic heterocycles. The van der Waals surface area contributed by atoms with E-state index in [0.29, 0.717) is 0 Å². The van der Waals surface area contributed by atoms with Crippen LogP contribution in [0.15, 0.2) is 267 Å². The summed E-state index contributed by atoms with van der Waals surface area (Å²) in [6.45, 7) is 0. The normalized spacial score (nSPS) is 11.3. The van der Waals surface area contributed by atoms with E-state index in [1.165, 1.54) is 77.1 Å². The molecule has 0 fully saturated rings. The summed E-state index contributed by atoms with van der Waals surface area (Å²) in [5.74, 6) is 0. The molecule has 0 N–H and O–H groups in total. The number of nitrogens with zero attached hydrogens (tertiary/aromatic N) is 2. The van der Waals surface area contributed by atoms with E-state index in [4.69, 9.17) is 0 Å². The minimum atomic E-state index is 1.07. The van der Waals surface area contributed by atoms with Crippen LogP contribution in [0.1, 0.15) is 0 Å². The Morgan fingerprint density at radius 2 is 0.727 bits per heavy atom. The summed E-state index contributed by atoms with van der Waals surface area (Å²) in [5.41, 5.74) is 18.6. The predicted molar refractivity (Wildman–Crippen MR) is 280 cm³/mol. The van der Waals surface area contributed by atoms with E-state index in [-0.39, 0.29) is 0 Å². The van der Waals surface area contributed by atoms with Gasteiger partial charge in [-0.25, -0.2) is 0 Å². The van der Waals surface area contributed by atoms with Gasteiger partial charge in [-0.2, -0.15) is 0 Å². The average molecular weight is 841 g/mol. The van der Waals surface area contributed by atoms with Crippen LogP contribution < -0.4 is 4.90 Å². The van der Waals surface area contributed by atoms with Crippen LogP contribution in [0.4, 0.5) is 17.1 Å². The lowest BCUT2D eigenvalue weighted by Crippen LogP contribution is -2.11. The van der Waals surface area contributed by atoms with Gasteiger partial charge in [0.1, 0.15) is 0 Å². The topological polar surface area (TPSA) is 8.17 Å². The monoisotopic (exact) mass is 840 g/mol. The second-order valence-electron chi connectivity index (χ2n) is 16.9. The maximum atomic E-state index is 2.44. The van der Waals surface area contributed by atoms with Crippen molar-refractivity contribution in [1.29, 1.82) is 0 Å². The minimum absolute atomic E-state index is 1.07. The van der Waals surface area contributed by atoms with Crippen LogP contribution in [0.3, 0.4) is 0 Å². The van der Waals surface area contributed by atoms with Crippen LogP contribution in [-0.4, -0.2) is 4.57 Å². The average Bonchev–Trinajstić information content (AvgIpc) is 3.74. The Morgan fingerprint density at radius 3 is 1.41 bits per heavy atom. The summed E-state index contributed by atoms with van der Waals surface area (Å²) in [6, 6.07) is 97.0. The van der Waals surface area contributed by atoms with Gasteiger partial charge in [-0.05, 0) is 110 Å². The van der Waals surface area contributed by atoms with Crippen molar-refractivity contribution >= 4 is 49.6 Å². The van der Waals surface area contributed by atoms with E-state index >= 15 is 0 Å². The molecule has 0 aliphatic rings. The number of aromatic nitrogens is 1. The Kier molecular flexibility index (Phi) is 9.89. The van der Waals surface area contributed by atoms with Gasteiger partial charge in [0.05, 0.1) is 22.4 Å². The lowest BCUT2D eigenvalue weighted by Gasteiger charge is -2.29. The fourth-order valence-electron chi connectivity index (χ4n) is 9.93. The predicted octanol–water partition coefficient (Wildman–Crippen LogP) is 17.7. The molecule has 310 valence electrons. The van der Waals surface area contributed by atoms with Crippen molar-refractivity contribution in [2.24, 2.45) is 0 Å². The number of para-hydroxylation sites is 3. The van der Waals surface area contributed by atoms with Gasteiger partial charge < -0.3 is 9.47 Å². The van der Waals surface area contributed by atoms with Crippen LogP contribution >= 0.6 is 0 Å². The molecule has 11 aromatic carbocycles. The highest BCUT2D eigenvalue weighted by atomic mass is 15.1. The number of fused-ring (bicyclic) bond motifs is 4. The number of hydrogen-bond acceptors (Lipinski definition) is 1. The van der Waals surface area contributed by atoms with Crippen LogP contribution in [0.5, 0.6) is 0 Å². The SMILES string of the molecule is c1ccc(-c2ccc(N(c3ccc(-c4ccccc4-n4c5ccccc5c5ccccc54)c(-c4ccccc4)c3)c3ccc(-c4cccc(-c5ccccc5)c4)c4ccccc34)cc2)cc1. The van der Waals surface area contributed by atoms with E-state index in [9.17, 15) is 0 Å². The lowest BCUT2D eigenvalue weighted by molar-refractivity contribution is 1.18. The highest BCUT2D eigenvalue weighted by Gasteiger charge is 2.22. The van der Waals surface area contributed by atoms with Gasteiger partial charge in [-0.15, -0.1) is 0 Å². The fourth-order valence-corrected chi connectivity index (χ4v) is 9.93. The van der Waals surface area contributed by atoms with Gasteiger partial charge >= 0.3 is 0 Å². The number of benzene rings is 11. The highest BCUT2D eigenvalue weighted by Crippen LogP contribution is 2.46. The quantitative estimate of drug-likeness (QED) is 0.141. The molecule has 1 heterocycles. The summed E-state index contributed by atoms with van der Waals surface area (Å²) < 4.78 is 2.44. The minimum Gasteiger partial charge on any atom is -0.310 e. The van der Waals surface area contributed by atoms with Crippen molar-refractivity contribution in [2.75, 3.05) is 4.90 Å². The smallest absolute Gasteiger partial charge is 0.0541 e. The third-order valence-electron chi connectivity index (χ3n) is 13.0. The van der Waals surface area contributed by atoms with Gasteiger partial charge in [0.2, 0.25) is 0 Å². The lowest BCUT2D eigenvalue weighted by atomic mass is 9.92. The molecule has 0 bridgehead atoms. The van der Waals surface area contributed by atoms with Gasteiger partial charge in [0.25, 0.3) is 0 Å². The maximum absolute atomic E-state index is 2.44. The highest BCUT2D eigenvalue weighted by molar-refractivity contribution is 6.10. The van der Waals surface area contributed by atoms with E-state index in [1.807, 2.05) is 0 Å². The van der Waals surface area contributed by atoms with Crippen molar-refractivity contribution in [3.8, 4) is 61.3 Å². The van der Waals surface area contributed by atoms with Crippen molar-refractivity contribution < 1.29 is 0 Å². The summed E-state index contributed by atoms with van der Waals surface area (Å²) in [7, 11) is 0. The zero-order valence-corrected chi connectivity index (χ0v) is 36.3. The number of rotatable bonds is 9. The van der Waals surface area contributed by atoms with Gasteiger partial charge in [-0.3, -0.25) is 0 Å². The Morgan fingerprint density at radius 1 is 0.242 bits per heavy atom. The summed E-state index contributed by atoms with van der Waals surface area (Å²) in [6.07, 6.45) is 0. The summed E-state index contributed by atoms with van der Waals surface area (Å²) >= 11 is 0. The molecule has 0 saturated carbocycles. The van der Waals surface area contributed by atoms with E-state index in [2.05, 4.69) is 276 Å². The molecule has 0 amide bonds. The van der Waals surface area contributed by atoms with E-state index in [1.54, 1.807) is 0 Å². The standard InChI is InChI=1S/C64H44N2/c1-4-19-45(20-5-1)47-35-37-51(38-36-47)65(64-42-41-53(54-27-10-11-28-56(54)64)50-26-18-25-49(43-50)46-21-6-2-7-22-46)52-39-40-55(60(44-52)48-23-8-3-9-24-48)57-29-12-15-32-61(57)66-62-33-16-13-30-58(62)59-31-14-17-34-63(59)66/h1-44H. The molecule has 0 aliphatic carbocycles. The van der Waals surface area contributed by atoms with Crippen molar-refractivity contribution in [3.05, 3.63) is 267 Å². The molecule has 0 aliphatic heterocycles. The van der Waals surface area contributed by atoms with Crippen molar-refractivity contribution in [3.63, 3.8) is 0 Å². The Labute approximate surface area is 385 Å². The Bertz CT molecular complexity index is 3630. The van der Waals surface area contributed by atoms with Gasteiger partial charge in [0, 0.05) is 33.1 Å². The van der Waals surface area contributed by atoms with Crippen LogP contribution in [0.25, 0.3) is 93.9 Å². The van der Waals surface area contributed by atoms with Gasteiger partial charge in [-0.1, -0.05) is 212 Å². The first-order valence-electron chi connectivity index (χ1n) is 22.7. The molecule has 0 radical (unpaired) electrons.